The van der Waals surface area contributed by atoms with Crippen molar-refractivity contribution >= 4 is 35.1 Å². The van der Waals surface area contributed by atoms with E-state index in [0.29, 0.717) is 10.0 Å². The third-order valence-corrected chi connectivity index (χ3v) is 3.98. The van der Waals surface area contributed by atoms with Crippen LogP contribution in [-0.4, -0.2) is 23.5 Å². The number of carboxylic acids is 1. The molecule has 6 heteroatoms. The second-order valence-electron chi connectivity index (χ2n) is 4.53. The zero-order valence-corrected chi connectivity index (χ0v) is 11.5. The van der Waals surface area contributed by atoms with Gasteiger partial charge in [-0.05, 0) is 24.0 Å². The Morgan fingerprint density at radius 1 is 1.37 bits per heavy atom. The minimum absolute atomic E-state index is 0.0684. The zero-order chi connectivity index (χ0) is 14.0. The van der Waals surface area contributed by atoms with Crippen LogP contribution in [0.5, 0.6) is 0 Å². The molecule has 2 N–H and O–H groups in total. The molecule has 1 amide bonds. The van der Waals surface area contributed by atoms with Crippen LogP contribution in [0.2, 0.25) is 10.0 Å². The van der Waals surface area contributed by atoms with Gasteiger partial charge in [-0.1, -0.05) is 35.3 Å². The van der Waals surface area contributed by atoms with Crippen LogP contribution >= 0.6 is 23.2 Å². The van der Waals surface area contributed by atoms with Gasteiger partial charge in [-0.25, -0.2) is 0 Å². The SMILES string of the molecule is O=C(O)CCNC(=O)[C@@H]1C[C@@H]1c1cccc(Cl)c1Cl. The molecule has 102 valence electrons. The quantitative estimate of drug-likeness (QED) is 0.879. The highest BCUT2D eigenvalue weighted by atomic mass is 35.5. The van der Waals surface area contributed by atoms with Crippen molar-refractivity contribution in [3.63, 3.8) is 0 Å². The largest absolute Gasteiger partial charge is 0.481 e. The van der Waals surface area contributed by atoms with Gasteiger partial charge in [0.25, 0.3) is 0 Å². The van der Waals surface area contributed by atoms with E-state index in [-0.39, 0.29) is 30.7 Å². The molecule has 0 heterocycles. The Morgan fingerprint density at radius 2 is 2.11 bits per heavy atom. The molecule has 1 aliphatic rings. The summed E-state index contributed by atoms with van der Waals surface area (Å²) in [5.41, 5.74) is 0.882. The highest BCUT2D eigenvalue weighted by molar-refractivity contribution is 6.42. The third-order valence-electron chi connectivity index (χ3n) is 3.15. The number of rotatable bonds is 5. The Morgan fingerprint density at radius 3 is 2.79 bits per heavy atom. The summed E-state index contributed by atoms with van der Waals surface area (Å²) < 4.78 is 0. The number of aliphatic carboxylic acids is 1. The van der Waals surface area contributed by atoms with E-state index in [1.54, 1.807) is 12.1 Å². The minimum atomic E-state index is -0.925. The normalized spacial score (nSPS) is 20.9. The van der Waals surface area contributed by atoms with Gasteiger partial charge in [0.05, 0.1) is 16.5 Å². The Hall–Kier alpha value is -1.26. The van der Waals surface area contributed by atoms with Gasteiger partial charge in [0.1, 0.15) is 0 Å². The van der Waals surface area contributed by atoms with Gasteiger partial charge in [-0.3, -0.25) is 9.59 Å². The number of carbonyl (C=O) groups is 2. The highest BCUT2D eigenvalue weighted by Gasteiger charge is 2.44. The second-order valence-corrected chi connectivity index (χ2v) is 5.31. The maximum atomic E-state index is 11.8. The van der Waals surface area contributed by atoms with Crippen LogP contribution in [0.1, 0.15) is 24.3 Å². The van der Waals surface area contributed by atoms with Crippen LogP contribution in [0.3, 0.4) is 0 Å². The maximum absolute atomic E-state index is 11.8. The lowest BCUT2D eigenvalue weighted by atomic mass is 10.1. The average Bonchev–Trinajstić information content (AvgIpc) is 3.12. The Kier molecular flexibility index (Phi) is 4.32. The van der Waals surface area contributed by atoms with E-state index in [2.05, 4.69) is 5.32 Å². The van der Waals surface area contributed by atoms with Gasteiger partial charge < -0.3 is 10.4 Å². The molecule has 1 saturated carbocycles. The van der Waals surface area contributed by atoms with Gasteiger partial charge in [-0.15, -0.1) is 0 Å². The molecular formula is C13H13Cl2NO3. The summed E-state index contributed by atoms with van der Waals surface area (Å²) in [5, 5.41) is 12.1. The third kappa shape index (κ3) is 3.39. The molecule has 0 radical (unpaired) electrons. The molecule has 2 rings (SSSR count). The van der Waals surface area contributed by atoms with E-state index in [4.69, 9.17) is 28.3 Å². The van der Waals surface area contributed by atoms with Gasteiger partial charge in [0.2, 0.25) is 5.91 Å². The molecule has 0 bridgehead atoms. The van der Waals surface area contributed by atoms with Gasteiger partial charge >= 0.3 is 5.97 Å². The van der Waals surface area contributed by atoms with Crippen molar-refractivity contribution in [1.29, 1.82) is 0 Å². The lowest BCUT2D eigenvalue weighted by Gasteiger charge is -2.06. The molecular weight excluding hydrogens is 289 g/mol. The summed E-state index contributed by atoms with van der Waals surface area (Å²) in [6.45, 7) is 0.153. The number of amides is 1. The minimum Gasteiger partial charge on any atom is -0.481 e. The van der Waals surface area contributed by atoms with Crippen molar-refractivity contribution in [3.8, 4) is 0 Å². The van der Waals surface area contributed by atoms with Crippen LogP contribution in [0.25, 0.3) is 0 Å². The van der Waals surface area contributed by atoms with Crippen molar-refractivity contribution in [1.82, 2.24) is 5.32 Å². The van der Waals surface area contributed by atoms with Crippen molar-refractivity contribution < 1.29 is 14.7 Å². The maximum Gasteiger partial charge on any atom is 0.305 e. The fourth-order valence-corrected chi connectivity index (χ4v) is 2.51. The van der Waals surface area contributed by atoms with E-state index in [0.717, 1.165) is 12.0 Å². The monoisotopic (exact) mass is 301 g/mol. The number of benzene rings is 1. The number of halogens is 2. The number of nitrogens with one attached hydrogen (secondary N) is 1. The van der Waals surface area contributed by atoms with E-state index in [1.165, 1.54) is 0 Å². The van der Waals surface area contributed by atoms with Gasteiger partial charge in [0, 0.05) is 12.5 Å². The summed E-state index contributed by atoms with van der Waals surface area (Å²) in [5.74, 6) is -1.10. The second kappa shape index (κ2) is 5.80. The molecule has 0 aliphatic heterocycles. The van der Waals surface area contributed by atoms with Crippen molar-refractivity contribution in [3.05, 3.63) is 33.8 Å². The fraction of sp³-hybridized carbons (Fsp3) is 0.385. The van der Waals surface area contributed by atoms with Gasteiger partial charge in [0.15, 0.2) is 0 Å². The van der Waals surface area contributed by atoms with Crippen LogP contribution < -0.4 is 5.32 Å². The summed E-state index contributed by atoms with van der Waals surface area (Å²) >= 11 is 12.0. The van der Waals surface area contributed by atoms with E-state index in [1.807, 2.05) is 6.07 Å². The van der Waals surface area contributed by atoms with E-state index >= 15 is 0 Å². The first-order valence-corrected chi connectivity index (χ1v) is 6.69. The van der Waals surface area contributed by atoms with Crippen LogP contribution in [0.15, 0.2) is 18.2 Å². The standard InChI is InChI=1S/C13H13Cl2NO3/c14-10-3-1-2-7(12(10)15)8-6-9(8)13(19)16-5-4-11(17)18/h1-3,8-9H,4-6H2,(H,16,19)(H,17,18)/t8-,9-/m1/s1. The molecule has 1 aromatic carbocycles. The molecule has 0 saturated heterocycles. The summed E-state index contributed by atoms with van der Waals surface area (Å²) in [6.07, 6.45) is 0.653. The molecule has 4 nitrogen and oxygen atoms in total. The summed E-state index contributed by atoms with van der Waals surface area (Å²) in [6, 6.07) is 5.38. The molecule has 1 aromatic rings. The number of hydrogen-bond acceptors (Lipinski definition) is 2. The number of carbonyl (C=O) groups excluding carboxylic acids is 1. The summed E-state index contributed by atoms with van der Waals surface area (Å²) in [4.78, 5) is 22.1. The molecule has 1 aliphatic carbocycles. The van der Waals surface area contributed by atoms with Crippen LogP contribution in [0.4, 0.5) is 0 Å². The molecule has 0 spiro atoms. The first-order valence-electron chi connectivity index (χ1n) is 5.94. The number of hydrogen-bond donors (Lipinski definition) is 2. The Labute approximate surface area is 120 Å². The molecule has 19 heavy (non-hydrogen) atoms. The topological polar surface area (TPSA) is 66.4 Å². The van der Waals surface area contributed by atoms with Crippen LogP contribution in [0, 0.1) is 5.92 Å². The zero-order valence-electron chi connectivity index (χ0n) is 10.0. The first-order chi connectivity index (χ1) is 9.00. The summed E-state index contributed by atoms with van der Waals surface area (Å²) in [7, 11) is 0. The fourth-order valence-electron chi connectivity index (χ4n) is 2.06. The lowest BCUT2D eigenvalue weighted by Crippen LogP contribution is -2.27. The lowest BCUT2D eigenvalue weighted by molar-refractivity contribution is -0.136. The Bertz CT molecular complexity index is 519. The molecule has 1 fully saturated rings. The smallest absolute Gasteiger partial charge is 0.305 e. The predicted molar refractivity (Wildman–Crippen MR) is 72.6 cm³/mol. The molecule has 0 unspecified atom stereocenters. The van der Waals surface area contributed by atoms with Crippen molar-refractivity contribution in [2.45, 2.75) is 18.8 Å². The highest BCUT2D eigenvalue weighted by Crippen LogP contribution is 2.50. The first kappa shape index (κ1) is 14.2. The van der Waals surface area contributed by atoms with Gasteiger partial charge in [-0.2, -0.15) is 0 Å². The average molecular weight is 302 g/mol. The molecule has 2 atom stereocenters. The van der Waals surface area contributed by atoms with Crippen molar-refractivity contribution in [2.24, 2.45) is 5.92 Å². The predicted octanol–water partition coefficient (Wildman–Crippen LogP) is 2.69. The number of carboxylic acid groups (broad SMARTS) is 1. The van der Waals surface area contributed by atoms with Crippen molar-refractivity contribution in [2.75, 3.05) is 6.54 Å². The van der Waals surface area contributed by atoms with Crippen LogP contribution in [-0.2, 0) is 9.59 Å². The molecule has 0 aromatic heterocycles. The Balaban J connectivity index is 1.91. The van der Waals surface area contributed by atoms with E-state index < -0.39 is 5.97 Å². The van der Waals surface area contributed by atoms with E-state index in [9.17, 15) is 9.59 Å².